The van der Waals surface area contributed by atoms with Gasteiger partial charge in [-0.2, -0.15) is 10.5 Å². The normalized spacial score (nSPS) is 9.60. The summed E-state index contributed by atoms with van der Waals surface area (Å²) in [7, 11) is 0. The van der Waals surface area contributed by atoms with E-state index in [9.17, 15) is 4.39 Å². The molecule has 20 heavy (non-hydrogen) atoms. The van der Waals surface area contributed by atoms with Crippen molar-refractivity contribution in [3.8, 4) is 12.1 Å². The van der Waals surface area contributed by atoms with E-state index in [0.717, 1.165) is 5.69 Å². The fourth-order valence-corrected chi connectivity index (χ4v) is 2.14. The molecule has 2 rings (SSSR count). The van der Waals surface area contributed by atoms with Gasteiger partial charge in [-0.25, -0.2) is 4.39 Å². The number of nitrogens with zero attached hydrogens (tertiary/aromatic N) is 2. The summed E-state index contributed by atoms with van der Waals surface area (Å²) in [5.74, 6) is -0.413. The fraction of sp³-hybridized carbons (Fsp3) is 0.0667. The van der Waals surface area contributed by atoms with Crippen molar-refractivity contribution in [3.05, 3.63) is 63.4 Å². The van der Waals surface area contributed by atoms with E-state index in [-0.39, 0.29) is 0 Å². The Kier molecular flexibility index (Phi) is 4.34. The number of hydrogen-bond donors (Lipinski definition) is 1. The molecule has 0 aliphatic rings. The van der Waals surface area contributed by atoms with Crippen molar-refractivity contribution >= 4 is 21.6 Å². The first-order chi connectivity index (χ1) is 9.63. The lowest BCUT2D eigenvalue weighted by molar-refractivity contribution is 0.612. The topological polar surface area (TPSA) is 59.6 Å². The van der Waals surface area contributed by atoms with Crippen LogP contribution in [0.5, 0.6) is 0 Å². The van der Waals surface area contributed by atoms with Gasteiger partial charge in [-0.3, -0.25) is 0 Å². The predicted molar refractivity (Wildman–Crippen MR) is 77.3 cm³/mol. The molecule has 1 N–H and O–H groups in total. The van der Waals surface area contributed by atoms with Crippen LogP contribution in [0.4, 0.5) is 10.1 Å². The zero-order valence-electron chi connectivity index (χ0n) is 10.3. The van der Waals surface area contributed by atoms with Crippen molar-refractivity contribution in [2.45, 2.75) is 6.54 Å². The van der Waals surface area contributed by atoms with Crippen LogP contribution in [0.25, 0.3) is 0 Å². The molecule has 0 heterocycles. The van der Waals surface area contributed by atoms with Crippen LogP contribution in [0, 0.1) is 28.5 Å². The fourth-order valence-electron chi connectivity index (χ4n) is 1.67. The zero-order chi connectivity index (χ0) is 14.5. The molecule has 0 bridgehead atoms. The number of anilines is 1. The highest BCUT2D eigenvalue weighted by atomic mass is 79.9. The van der Waals surface area contributed by atoms with Crippen molar-refractivity contribution in [1.82, 2.24) is 0 Å². The predicted octanol–water partition coefficient (Wildman–Crippen LogP) is 3.94. The van der Waals surface area contributed by atoms with Gasteiger partial charge in [0.15, 0.2) is 0 Å². The van der Waals surface area contributed by atoms with Crippen LogP contribution in [0.1, 0.15) is 16.7 Å². The van der Waals surface area contributed by atoms with Crippen LogP contribution in [0.15, 0.2) is 40.9 Å². The molecule has 0 amide bonds. The van der Waals surface area contributed by atoms with Crippen LogP contribution in [0.2, 0.25) is 0 Å². The van der Waals surface area contributed by atoms with E-state index >= 15 is 0 Å². The average molecular weight is 330 g/mol. The number of benzene rings is 2. The summed E-state index contributed by atoms with van der Waals surface area (Å²) >= 11 is 3.29. The molecule has 5 heteroatoms. The van der Waals surface area contributed by atoms with E-state index in [1.807, 2.05) is 6.07 Å². The zero-order valence-corrected chi connectivity index (χ0v) is 11.9. The summed E-state index contributed by atoms with van der Waals surface area (Å²) < 4.78 is 14.4. The van der Waals surface area contributed by atoms with Crippen molar-refractivity contribution in [3.63, 3.8) is 0 Å². The molecule has 0 saturated heterocycles. The Hall–Kier alpha value is -2.37. The third-order valence-corrected chi connectivity index (χ3v) is 3.41. The number of halogens is 2. The lowest BCUT2D eigenvalue weighted by Gasteiger charge is -2.08. The van der Waals surface area contributed by atoms with Crippen LogP contribution < -0.4 is 5.32 Å². The Bertz CT molecular complexity index is 729. The Morgan fingerprint density at radius 3 is 2.50 bits per heavy atom. The first-order valence-electron chi connectivity index (χ1n) is 5.76. The summed E-state index contributed by atoms with van der Waals surface area (Å²) in [5, 5.41) is 20.6. The minimum atomic E-state index is -0.413. The van der Waals surface area contributed by atoms with Gasteiger partial charge in [-0.05, 0) is 46.3 Å². The highest BCUT2D eigenvalue weighted by Gasteiger charge is 2.05. The van der Waals surface area contributed by atoms with Gasteiger partial charge in [-0.1, -0.05) is 6.07 Å². The maximum absolute atomic E-state index is 13.7. The van der Waals surface area contributed by atoms with E-state index in [0.29, 0.717) is 27.7 Å². The highest BCUT2D eigenvalue weighted by molar-refractivity contribution is 9.10. The Morgan fingerprint density at radius 2 is 1.90 bits per heavy atom. The number of hydrogen-bond acceptors (Lipinski definition) is 3. The van der Waals surface area contributed by atoms with Crippen LogP contribution in [0.3, 0.4) is 0 Å². The van der Waals surface area contributed by atoms with Gasteiger partial charge in [0.2, 0.25) is 0 Å². The van der Waals surface area contributed by atoms with E-state index < -0.39 is 5.82 Å². The van der Waals surface area contributed by atoms with Crippen LogP contribution in [-0.2, 0) is 6.54 Å². The van der Waals surface area contributed by atoms with Gasteiger partial charge in [0, 0.05) is 22.3 Å². The number of rotatable bonds is 3. The maximum Gasteiger partial charge on any atom is 0.129 e. The minimum Gasteiger partial charge on any atom is -0.381 e. The molecule has 0 fully saturated rings. The molecular weight excluding hydrogens is 321 g/mol. The SMILES string of the molecule is N#Cc1ccc(CNc2ccc(C#N)c(Br)c2)c(F)c1. The Labute approximate surface area is 124 Å². The van der Waals surface area contributed by atoms with Gasteiger partial charge in [0.05, 0.1) is 17.2 Å². The number of nitrogens with one attached hydrogen (secondary N) is 1. The van der Waals surface area contributed by atoms with Crippen molar-refractivity contribution in [1.29, 1.82) is 10.5 Å². The standard InChI is InChI=1S/C15H9BrFN3/c16-14-6-13(4-3-11(14)8-19)20-9-12-2-1-10(7-18)5-15(12)17/h1-6,20H,9H2. The molecule has 0 radical (unpaired) electrons. The van der Waals surface area contributed by atoms with Crippen molar-refractivity contribution in [2.24, 2.45) is 0 Å². The molecule has 0 unspecified atom stereocenters. The molecule has 0 spiro atoms. The molecule has 2 aromatic carbocycles. The highest BCUT2D eigenvalue weighted by Crippen LogP contribution is 2.21. The molecule has 98 valence electrons. The molecule has 0 aliphatic heterocycles. The maximum atomic E-state index is 13.7. The molecule has 0 aliphatic carbocycles. The first-order valence-corrected chi connectivity index (χ1v) is 6.55. The monoisotopic (exact) mass is 329 g/mol. The second-order valence-corrected chi connectivity index (χ2v) is 4.93. The lowest BCUT2D eigenvalue weighted by Crippen LogP contribution is -2.02. The molecule has 2 aromatic rings. The van der Waals surface area contributed by atoms with Gasteiger partial charge in [-0.15, -0.1) is 0 Å². The second-order valence-electron chi connectivity index (χ2n) is 4.08. The smallest absolute Gasteiger partial charge is 0.129 e. The lowest BCUT2D eigenvalue weighted by atomic mass is 10.1. The number of nitriles is 2. The third kappa shape index (κ3) is 3.14. The molecule has 3 nitrogen and oxygen atoms in total. The van der Waals surface area contributed by atoms with Crippen LogP contribution >= 0.6 is 15.9 Å². The second kappa shape index (κ2) is 6.18. The van der Waals surface area contributed by atoms with E-state index in [1.54, 1.807) is 30.3 Å². The van der Waals surface area contributed by atoms with Gasteiger partial charge >= 0.3 is 0 Å². The first kappa shape index (κ1) is 14.0. The van der Waals surface area contributed by atoms with Crippen molar-refractivity contribution in [2.75, 3.05) is 5.32 Å². The average Bonchev–Trinajstić information content (AvgIpc) is 2.46. The quantitative estimate of drug-likeness (QED) is 0.927. The van der Waals surface area contributed by atoms with Gasteiger partial charge < -0.3 is 5.32 Å². The molecule has 0 atom stereocenters. The third-order valence-electron chi connectivity index (χ3n) is 2.75. The van der Waals surface area contributed by atoms with E-state index in [4.69, 9.17) is 10.5 Å². The van der Waals surface area contributed by atoms with Crippen LogP contribution in [-0.4, -0.2) is 0 Å². The summed E-state index contributed by atoms with van der Waals surface area (Å²) in [5.41, 5.74) is 2.09. The summed E-state index contributed by atoms with van der Waals surface area (Å²) in [6.07, 6.45) is 0. The van der Waals surface area contributed by atoms with Gasteiger partial charge in [0.1, 0.15) is 11.9 Å². The molecular formula is C15H9BrFN3. The largest absolute Gasteiger partial charge is 0.381 e. The van der Waals surface area contributed by atoms with E-state index in [1.165, 1.54) is 6.07 Å². The Balaban J connectivity index is 2.11. The summed E-state index contributed by atoms with van der Waals surface area (Å²) in [6.45, 7) is 0.301. The van der Waals surface area contributed by atoms with Gasteiger partial charge in [0.25, 0.3) is 0 Å². The molecule has 0 aromatic heterocycles. The summed E-state index contributed by atoms with van der Waals surface area (Å²) in [6, 6.07) is 13.5. The van der Waals surface area contributed by atoms with Crippen molar-refractivity contribution < 1.29 is 4.39 Å². The summed E-state index contributed by atoms with van der Waals surface area (Å²) in [4.78, 5) is 0. The Morgan fingerprint density at radius 1 is 1.10 bits per heavy atom. The van der Waals surface area contributed by atoms with E-state index in [2.05, 4.69) is 27.3 Å². The minimum absolute atomic E-state index is 0.298. The molecule has 0 saturated carbocycles.